The molecule has 1 N–H and O–H groups in total. The highest BCUT2D eigenvalue weighted by Crippen LogP contribution is 2.22. The van der Waals surface area contributed by atoms with Gasteiger partial charge in [-0.25, -0.2) is 0 Å². The van der Waals surface area contributed by atoms with Crippen LogP contribution in [0.2, 0.25) is 0 Å². The maximum atomic E-state index is 9.12. The van der Waals surface area contributed by atoms with E-state index in [-0.39, 0.29) is 6.61 Å². The summed E-state index contributed by atoms with van der Waals surface area (Å²) in [6.45, 7) is 11.2. The fraction of sp³-hybridized carbons (Fsp3) is 0.733. The van der Waals surface area contributed by atoms with E-state index in [2.05, 4.69) is 46.8 Å². The van der Waals surface area contributed by atoms with Crippen molar-refractivity contribution in [3.8, 4) is 0 Å². The van der Waals surface area contributed by atoms with Crippen molar-refractivity contribution in [1.82, 2.24) is 0 Å². The highest BCUT2D eigenvalue weighted by molar-refractivity contribution is 5.03. The maximum Gasteiger partial charge on any atom is 0.0641 e. The lowest BCUT2D eigenvalue weighted by Crippen LogP contribution is -2.07. The molecule has 0 fully saturated rings. The zero-order valence-corrected chi connectivity index (χ0v) is 11.6. The van der Waals surface area contributed by atoms with Gasteiger partial charge in [0.05, 0.1) is 6.61 Å². The minimum atomic E-state index is 0.212. The van der Waals surface area contributed by atoms with Gasteiger partial charge in [-0.1, -0.05) is 38.5 Å². The summed E-state index contributed by atoms with van der Waals surface area (Å²) in [6, 6.07) is 0. The van der Waals surface area contributed by atoms with E-state index in [4.69, 9.17) is 5.11 Å². The lowest BCUT2D eigenvalue weighted by Gasteiger charge is -2.18. The largest absolute Gasteiger partial charge is 0.392 e. The number of rotatable bonds is 7. The third-order valence-corrected chi connectivity index (χ3v) is 3.14. The Morgan fingerprint density at radius 3 is 2.06 bits per heavy atom. The van der Waals surface area contributed by atoms with E-state index in [9.17, 15) is 0 Å². The highest BCUT2D eigenvalue weighted by atomic mass is 16.3. The van der Waals surface area contributed by atoms with Crippen LogP contribution in [0.25, 0.3) is 0 Å². The fourth-order valence-corrected chi connectivity index (χ4v) is 1.67. The number of allylic oxidation sites excluding steroid dienone is 3. The Morgan fingerprint density at radius 2 is 1.69 bits per heavy atom. The van der Waals surface area contributed by atoms with Crippen LogP contribution in [0.15, 0.2) is 23.3 Å². The van der Waals surface area contributed by atoms with Crippen LogP contribution >= 0.6 is 0 Å². The minimum Gasteiger partial charge on any atom is -0.392 e. The van der Waals surface area contributed by atoms with E-state index in [1.807, 2.05) is 0 Å². The number of aliphatic hydroxyl groups is 1. The monoisotopic (exact) mass is 224 g/mol. The standard InChI is InChI=1S/C15H28O/c1-6-14(11-16)8-10-15(13(4)5)9-7-12(2)3/h7-8,13,15-16H,6,9-11H2,1-5H3/b14-8+. The smallest absolute Gasteiger partial charge is 0.0641 e. The molecule has 16 heavy (non-hydrogen) atoms. The van der Waals surface area contributed by atoms with Gasteiger partial charge >= 0.3 is 0 Å². The second-order valence-electron chi connectivity index (χ2n) is 5.13. The molecule has 1 nitrogen and oxygen atoms in total. The lowest BCUT2D eigenvalue weighted by atomic mass is 9.88. The average Bonchev–Trinajstić information content (AvgIpc) is 2.22. The molecule has 0 aliphatic carbocycles. The predicted molar refractivity (Wildman–Crippen MR) is 72.5 cm³/mol. The molecule has 0 aromatic rings. The summed E-state index contributed by atoms with van der Waals surface area (Å²) in [5.74, 6) is 1.40. The number of hydrogen-bond donors (Lipinski definition) is 1. The molecular formula is C15H28O. The Labute approximate surface area is 101 Å². The number of hydrogen-bond acceptors (Lipinski definition) is 1. The van der Waals surface area contributed by atoms with Crippen LogP contribution in [-0.2, 0) is 0 Å². The van der Waals surface area contributed by atoms with Crippen LogP contribution in [0.3, 0.4) is 0 Å². The summed E-state index contributed by atoms with van der Waals surface area (Å²) in [7, 11) is 0. The van der Waals surface area contributed by atoms with Crippen molar-refractivity contribution in [3.05, 3.63) is 23.3 Å². The molecule has 0 radical (unpaired) electrons. The molecule has 0 saturated carbocycles. The third kappa shape index (κ3) is 6.84. The van der Waals surface area contributed by atoms with Crippen molar-refractivity contribution in [2.45, 2.75) is 53.9 Å². The minimum absolute atomic E-state index is 0.212. The van der Waals surface area contributed by atoms with Crippen LogP contribution < -0.4 is 0 Å². The van der Waals surface area contributed by atoms with Crippen molar-refractivity contribution in [2.75, 3.05) is 6.61 Å². The zero-order chi connectivity index (χ0) is 12.6. The van der Waals surface area contributed by atoms with Gasteiger partial charge in [0.15, 0.2) is 0 Å². The summed E-state index contributed by atoms with van der Waals surface area (Å²) in [6.07, 6.45) is 7.75. The lowest BCUT2D eigenvalue weighted by molar-refractivity contribution is 0.325. The summed E-state index contributed by atoms with van der Waals surface area (Å²) in [5.41, 5.74) is 2.57. The van der Waals surface area contributed by atoms with Gasteiger partial charge in [-0.05, 0) is 50.5 Å². The van der Waals surface area contributed by atoms with E-state index in [0.29, 0.717) is 11.8 Å². The van der Waals surface area contributed by atoms with E-state index in [1.54, 1.807) is 0 Å². The molecule has 0 aliphatic rings. The molecule has 0 spiro atoms. The van der Waals surface area contributed by atoms with Gasteiger partial charge < -0.3 is 5.11 Å². The van der Waals surface area contributed by atoms with Crippen LogP contribution in [0, 0.1) is 11.8 Å². The summed E-state index contributed by atoms with van der Waals surface area (Å²) in [5, 5.41) is 9.12. The summed E-state index contributed by atoms with van der Waals surface area (Å²) < 4.78 is 0. The molecule has 0 aromatic heterocycles. The normalized spacial score (nSPS) is 14.1. The first-order valence-electron chi connectivity index (χ1n) is 6.43. The van der Waals surface area contributed by atoms with E-state index in [1.165, 1.54) is 11.1 Å². The molecule has 1 unspecified atom stereocenters. The van der Waals surface area contributed by atoms with Gasteiger partial charge in [0, 0.05) is 0 Å². The van der Waals surface area contributed by atoms with Crippen LogP contribution in [-0.4, -0.2) is 11.7 Å². The molecule has 0 bridgehead atoms. The van der Waals surface area contributed by atoms with Crippen molar-refractivity contribution >= 4 is 0 Å². The first-order valence-corrected chi connectivity index (χ1v) is 6.43. The summed E-state index contributed by atoms with van der Waals surface area (Å²) >= 11 is 0. The molecule has 0 saturated heterocycles. The molecule has 1 atom stereocenters. The average molecular weight is 224 g/mol. The van der Waals surface area contributed by atoms with E-state index in [0.717, 1.165) is 19.3 Å². The van der Waals surface area contributed by atoms with E-state index < -0.39 is 0 Å². The molecule has 0 aliphatic heterocycles. The Kier molecular flexibility index (Phi) is 8.28. The Balaban J connectivity index is 4.34. The van der Waals surface area contributed by atoms with Gasteiger partial charge in [-0.2, -0.15) is 0 Å². The quantitative estimate of drug-likeness (QED) is 0.638. The second kappa shape index (κ2) is 8.58. The SMILES string of the molecule is CC/C(=C\CC(CC=C(C)C)C(C)C)CO. The molecule has 0 heterocycles. The first kappa shape index (κ1) is 15.4. The zero-order valence-electron chi connectivity index (χ0n) is 11.6. The van der Waals surface area contributed by atoms with Gasteiger partial charge in [0.1, 0.15) is 0 Å². The predicted octanol–water partition coefficient (Wildman–Crippen LogP) is 4.33. The molecule has 0 amide bonds. The molecule has 94 valence electrons. The van der Waals surface area contributed by atoms with Crippen LogP contribution in [0.1, 0.15) is 53.9 Å². The van der Waals surface area contributed by atoms with E-state index >= 15 is 0 Å². The van der Waals surface area contributed by atoms with Crippen molar-refractivity contribution < 1.29 is 5.11 Å². The Morgan fingerprint density at radius 1 is 1.12 bits per heavy atom. The van der Waals surface area contributed by atoms with Gasteiger partial charge in [0.25, 0.3) is 0 Å². The first-order chi connectivity index (χ1) is 7.51. The van der Waals surface area contributed by atoms with Crippen molar-refractivity contribution in [1.29, 1.82) is 0 Å². The second-order valence-corrected chi connectivity index (χ2v) is 5.13. The van der Waals surface area contributed by atoms with Crippen LogP contribution in [0.5, 0.6) is 0 Å². The fourth-order valence-electron chi connectivity index (χ4n) is 1.67. The molecule has 0 rings (SSSR count). The topological polar surface area (TPSA) is 20.2 Å². The van der Waals surface area contributed by atoms with Gasteiger partial charge in [0.2, 0.25) is 0 Å². The van der Waals surface area contributed by atoms with Crippen molar-refractivity contribution in [2.24, 2.45) is 11.8 Å². The molecule has 0 aromatic carbocycles. The summed E-state index contributed by atoms with van der Waals surface area (Å²) in [4.78, 5) is 0. The maximum absolute atomic E-state index is 9.12. The third-order valence-electron chi connectivity index (χ3n) is 3.14. The van der Waals surface area contributed by atoms with Crippen molar-refractivity contribution in [3.63, 3.8) is 0 Å². The van der Waals surface area contributed by atoms with Gasteiger partial charge in [-0.3, -0.25) is 0 Å². The van der Waals surface area contributed by atoms with Crippen LogP contribution in [0.4, 0.5) is 0 Å². The molecule has 1 heteroatoms. The Bertz CT molecular complexity index is 226. The van der Waals surface area contributed by atoms with Gasteiger partial charge in [-0.15, -0.1) is 0 Å². The Hall–Kier alpha value is -0.560. The molecular weight excluding hydrogens is 196 g/mol. The highest BCUT2D eigenvalue weighted by Gasteiger charge is 2.10. The number of aliphatic hydroxyl groups excluding tert-OH is 1.